The maximum atomic E-state index is 12.8. The first-order valence-electron chi connectivity index (χ1n) is 9.63. The maximum Gasteiger partial charge on any atom is 0.254 e. The smallest absolute Gasteiger partial charge is 0.254 e. The molecule has 1 saturated carbocycles. The van der Waals surface area contributed by atoms with Crippen molar-refractivity contribution in [3.8, 4) is 0 Å². The predicted molar refractivity (Wildman–Crippen MR) is 103 cm³/mol. The summed E-state index contributed by atoms with van der Waals surface area (Å²) < 4.78 is 0. The summed E-state index contributed by atoms with van der Waals surface area (Å²) in [6.45, 7) is 7.02. The van der Waals surface area contributed by atoms with E-state index in [0.717, 1.165) is 36.2 Å². The second-order valence-electron chi connectivity index (χ2n) is 8.33. The molecule has 0 saturated heterocycles. The molecule has 0 aromatic carbocycles. The van der Waals surface area contributed by atoms with E-state index in [2.05, 4.69) is 26.1 Å². The van der Waals surface area contributed by atoms with Gasteiger partial charge in [0.1, 0.15) is 0 Å². The van der Waals surface area contributed by atoms with Crippen molar-refractivity contribution in [1.82, 2.24) is 5.32 Å². The molecule has 2 aliphatic carbocycles. The molecule has 3 rings (SSSR count). The number of thiophene rings is 1. The van der Waals surface area contributed by atoms with Gasteiger partial charge in [-0.05, 0) is 49.0 Å². The Kier molecular flexibility index (Phi) is 5.24. The highest BCUT2D eigenvalue weighted by Gasteiger charge is 2.35. The van der Waals surface area contributed by atoms with Crippen LogP contribution in [-0.4, -0.2) is 11.9 Å². The minimum atomic E-state index is 0.0742. The second-order valence-corrected chi connectivity index (χ2v) is 9.47. The van der Waals surface area contributed by atoms with Gasteiger partial charge in [-0.25, -0.2) is 0 Å². The van der Waals surface area contributed by atoms with Gasteiger partial charge >= 0.3 is 0 Å². The Balaban J connectivity index is 1.76. The van der Waals surface area contributed by atoms with Crippen LogP contribution in [0.15, 0.2) is 0 Å². The summed E-state index contributed by atoms with van der Waals surface area (Å²) in [5.41, 5.74) is 8.68. The van der Waals surface area contributed by atoms with Crippen LogP contribution in [0.2, 0.25) is 0 Å². The van der Waals surface area contributed by atoms with Gasteiger partial charge in [-0.15, -0.1) is 11.3 Å². The summed E-state index contributed by atoms with van der Waals surface area (Å²) >= 11 is 1.65. The fourth-order valence-electron chi connectivity index (χ4n) is 4.32. The molecule has 1 aromatic heterocycles. The number of carbonyl (C=O) groups is 1. The van der Waals surface area contributed by atoms with Gasteiger partial charge in [-0.1, -0.05) is 46.5 Å². The number of anilines is 1. The molecule has 1 atom stereocenters. The maximum absolute atomic E-state index is 12.8. The highest BCUT2D eigenvalue weighted by atomic mass is 32.1. The lowest BCUT2D eigenvalue weighted by Gasteiger charge is -2.36. The Labute approximate surface area is 150 Å². The number of hydrogen-bond acceptors (Lipinski definition) is 3. The van der Waals surface area contributed by atoms with Gasteiger partial charge in [0.05, 0.1) is 10.6 Å². The molecule has 1 amide bonds. The molecular weight excluding hydrogens is 316 g/mol. The van der Waals surface area contributed by atoms with Crippen molar-refractivity contribution in [1.29, 1.82) is 0 Å². The lowest BCUT2D eigenvalue weighted by Crippen LogP contribution is -2.37. The zero-order chi connectivity index (χ0) is 17.3. The molecule has 1 unspecified atom stereocenters. The van der Waals surface area contributed by atoms with Crippen molar-refractivity contribution < 1.29 is 4.79 Å². The summed E-state index contributed by atoms with van der Waals surface area (Å²) in [5, 5.41) is 3.98. The average molecular weight is 349 g/mol. The van der Waals surface area contributed by atoms with Crippen molar-refractivity contribution in [2.45, 2.75) is 84.6 Å². The van der Waals surface area contributed by atoms with E-state index in [4.69, 9.17) is 5.73 Å². The molecule has 4 heteroatoms. The lowest BCUT2D eigenvalue weighted by molar-refractivity contribution is 0.0927. The highest BCUT2D eigenvalue weighted by Crippen LogP contribution is 2.44. The first kappa shape index (κ1) is 17.8. The highest BCUT2D eigenvalue weighted by molar-refractivity contribution is 7.16. The van der Waals surface area contributed by atoms with Gasteiger partial charge in [0.25, 0.3) is 5.91 Å². The lowest BCUT2D eigenvalue weighted by atomic mass is 9.69. The van der Waals surface area contributed by atoms with E-state index < -0.39 is 0 Å². The molecule has 0 spiro atoms. The number of nitrogens with two attached hydrogens (primary N) is 1. The molecule has 3 nitrogen and oxygen atoms in total. The van der Waals surface area contributed by atoms with Crippen LogP contribution in [0, 0.1) is 11.3 Å². The van der Waals surface area contributed by atoms with Crippen LogP contribution in [0.4, 0.5) is 5.00 Å². The molecule has 1 aromatic rings. The van der Waals surface area contributed by atoms with Gasteiger partial charge < -0.3 is 11.1 Å². The monoisotopic (exact) mass is 348 g/mol. The Hall–Kier alpha value is -1.03. The molecule has 1 fully saturated rings. The first-order valence-corrected chi connectivity index (χ1v) is 10.4. The molecule has 0 aliphatic heterocycles. The molecule has 2 aliphatic rings. The number of nitrogens with one attached hydrogen (secondary N) is 1. The van der Waals surface area contributed by atoms with Gasteiger partial charge in [-0.3, -0.25) is 4.79 Å². The Morgan fingerprint density at radius 1 is 1.25 bits per heavy atom. The summed E-state index contributed by atoms with van der Waals surface area (Å²) in [6, 6.07) is 0.344. The van der Waals surface area contributed by atoms with Crippen molar-refractivity contribution >= 4 is 22.2 Å². The average Bonchev–Trinajstić information content (AvgIpc) is 2.90. The van der Waals surface area contributed by atoms with Crippen LogP contribution in [0.5, 0.6) is 0 Å². The zero-order valence-corrected chi connectivity index (χ0v) is 16.2. The van der Waals surface area contributed by atoms with Crippen LogP contribution in [0.25, 0.3) is 0 Å². The van der Waals surface area contributed by atoms with E-state index in [1.54, 1.807) is 11.3 Å². The molecule has 3 N–H and O–H groups in total. The normalized spacial score (nSPS) is 22.2. The second kappa shape index (κ2) is 7.07. The van der Waals surface area contributed by atoms with E-state index >= 15 is 0 Å². The summed E-state index contributed by atoms with van der Waals surface area (Å²) in [4.78, 5) is 14.2. The summed E-state index contributed by atoms with van der Waals surface area (Å²) in [6.07, 6.45) is 10.5. The topological polar surface area (TPSA) is 55.1 Å². The Morgan fingerprint density at radius 2 is 1.96 bits per heavy atom. The van der Waals surface area contributed by atoms with Crippen molar-refractivity contribution in [3.05, 3.63) is 16.0 Å². The third kappa shape index (κ3) is 3.49. The van der Waals surface area contributed by atoms with E-state index in [9.17, 15) is 4.79 Å². The fraction of sp³-hybridized carbons (Fsp3) is 0.750. The van der Waals surface area contributed by atoms with Crippen molar-refractivity contribution in [2.75, 3.05) is 5.73 Å². The molecule has 134 valence electrons. The first-order chi connectivity index (χ1) is 11.4. The summed E-state index contributed by atoms with van der Waals surface area (Å²) in [5.74, 6) is 0.771. The molecule has 1 heterocycles. The van der Waals surface area contributed by atoms with Gasteiger partial charge in [0.15, 0.2) is 0 Å². The van der Waals surface area contributed by atoms with Crippen LogP contribution < -0.4 is 11.1 Å². The number of rotatable bonds is 4. The van der Waals surface area contributed by atoms with Gasteiger partial charge in [-0.2, -0.15) is 0 Å². The minimum Gasteiger partial charge on any atom is -0.390 e. The van der Waals surface area contributed by atoms with Crippen LogP contribution in [0.3, 0.4) is 0 Å². The quantitative estimate of drug-likeness (QED) is 0.810. The van der Waals surface area contributed by atoms with Crippen LogP contribution in [-0.2, 0) is 12.8 Å². The number of hydrogen-bond donors (Lipinski definition) is 2. The summed E-state index contributed by atoms with van der Waals surface area (Å²) in [7, 11) is 0. The third-order valence-corrected chi connectivity index (χ3v) is 7.56. The third-order valence-electron chi connectivity index (χ3n) is 6.48. The Bertz CT molecular complexity index is 599. The number of fused-ring (bicyclic) bond motifs is 1. The van der Waals surface area contributed by atoms with E-state index in [0.29, 0.717) is 17.4 Å². The largest absolute Gasteiger partial charge is 0.390 e. The van der Waals surface area contributed by atoms with E-state index in [1.165, 1.54) is 42.5 Å². The number of amides is 1. The molecule has 0 bridgehead atoms. The standard InChI is InChI=1S/C20H32N2OS/c1-4-20(2,3)13-10-11-15-16(12-13)24-18(21)17(15)19(23)22-14-8-6-5-7-9-14/h13-14H,4-12,21H2,1-3H3,(H,22,23). The van der Waals surface area contributed by atoms with E-state index in [1.807, 2.05) is 0 Å². The van der Waals surface area contributed by atoms with Gasteiger partial charge in [0.2, 0.25) is 0 Å². The van der Waals surface area contributed by atoms with Gasteiger partial charge in [0, 0.05) is 10.9 Å². The predicted octanol–water partition coefficient (Wildman–Crippen LogP) is 4.93. The number of carbonyl (C=O) groups excluding carboxylic acids is 1. The zero-order valence-electron chi connectivity index (χ0n) is 15.4. The van der Waals surface area contributed by atoms with Crippen molar-refractivity contribution in [2.24, 2.45) is 11.3 Å². The SMILES string of the molecule is CCC(C)(C)C1CCc2c(sc(N)c2C(=O)NC2CCCCC2)C1. The van der Waals surface area contributed by atoms with E-state index in [-0.39, 0.29) is 5.91 Å². The Morgan fingerprint density at radius 3 is 2.62 bits per heavy atom. The fourth-order valence-corrected chi connectivity index (χ4v) is 5.51. The van der Waals surface area contributed by atoms with Crippen molar-refractivity contribution in [3.63, 3.8) is 0 Å². The molecule has 24 heavy (non-hydrogen) atoms. The van der Waals surface area contributed by atoms with Crippen LogP contribution >= 0.6 is 11.3 Å². The molecular formula is C20H32N2OS. The minimum absolute atomic E-state index is 0.0742. The van der Waals surface area contributed by atoms with Crippen LogP contribution in [0.1, 0.15) is 86.5 Å². The number of nitrogen functional groups attached to an aromatic ring is 1. The molecule has 0 radical (unpaired) electrons.